The molecule has 170 valence electrons. The third-order valence-corrected chi connectivity index (χ3v) is 7.83. The van der Waals surface area contributed by atoms with E-state index in [2.05, 4.69) is 6.58 Å². The van der Waals surface area contributed by atoms with Crippen LogP contribution in [0.2, 0.25) is 19.6 Å². The number of amides is 1. The Morgan fingerprint density at radius 2 is 1.53 bits per heavy atom. The molecule has 0 unspecified atom stereocenters. The highest BCUT2D eigenvalue weighted by atomic mass is 32.2. The number of carbonyl (C=O) groups is 1. The minimum Gasteiger partial charge on any atom is -0.375 e. The first kappa shape index (κ1) is 23.8. The molecule has 0 N–H and O–H groups in total. The van der Waals surface area contributed by atoms with Crippen LogP contribution in [0, 0.1) is 0 Å². The number of hydrogen-bond acceptors (Lipinski definition) is 4. The van der Waals surface area contributed by atoms with Crippen molar-refractivity contribution >= 4 is 40.7 Å². The van der Waals surface area contributed by atoms with E-state index < -0.39 is 29.5 Å². The first-order valence-corrected chi connectivity index (χ1v) is 14.6. The number of hydrogen-bond donors (Lipinski definition) is 0. The summed E-state index contributed by atoms with van der Waals surface area (Å²) in [5.74, 6) is -0.785. The third kappa shape index (κ3) is 4.24. The Bertz CT molecular complexity index is 1210. The average molecular weight is 482 g/mol. The quantitative estimate of drug-likeness (QED) is 0.247. The van der Waals surface area contributed by atoms with Crippen LogP contribution in [-0.2, 0) is 14.3 Å². The smallest absolute Gasteiger partial charge is 0.375 e. The van der Waals surface area contributed by atoms with Crippen molar-refractivity contribution in [3.05, 3.63) is 77.9 Å². The van der Waals surface area contributed by atoms with Crippen LogP contribution in [0.25, 0.3) is 11.0 Å². The topological polar surface area (TPSA) is 63.7 Å². The summed E-state index contributed by atoms with van der Waals surface area (Å²) in [4.78, 5) is 14.8. The molecule has 0 radical (unpaired) electrons. The molecule has 1 heterocycles. The minimum atomic E-state index is -5.97. The molecule has 0 fully saturated rings. The lowest BCUT2D eigenvalue weighted by Gasteiger charge is -2.33. The van der Waals surface area contributed by atoms with Crippen molar-refractivity contribution < 1.29 is 30.6 Å². The van der Waals surface area contributed by atoms with Gasteiger partial charge in [-0.25, -0.2) is 0 Å². The molecule has 5 nitrogen and oxygen atoms in total. The summed E-state index contributed by atoms with van der Waals surface area (Å²) in [5, 5.41) is 0.306. The number of rotatable bonds is 5. The van der Waals surface area contributed by atoms with Gasteiger partial charge in [0.2, 0.25) is 0 Å². The van der Waals surface area contributed by atoms with Gasteiger partial charge >= 0.3 is 15.6 Å². The molecule has 32 heavy (non-hydrogen) atoms. The summed E-state index contributed by atoms with van der Waals surface area (Å²) in [7, 11) is -8.56. The second-order valence-corrected chi connectivity index (χ2v) is 14.7. The molecule has 0 saturated carbocycles. The van der Waals surface area contributed by atoms with E-state index in [1.807, 2.05) is 19.6 Å². The van der Waals surface area contributed by atoms with E-state index in [1.165, 1.54) is 23.1 Å². The second-order valence-electron chi connectivity index (χ2n) is 8.20. The molecular formula is C22H22F3NO4SSi. The highest BCUT2D eigenvalue weighted by Crippen LogP contribution is 2.44. The van der Waals surface area contributed by atoms with Crippen molar-refractivity contribution in [2.75, 3.05) is 11.4 Å². The lowest BCUT2D eigenvalue weighted by Crippen LogP contribution is -2.36. The summed E-state index contributed by atoms with van der Waals surface area (Å²) in [6, 6.07) is 12.6. The molecule has 1 aliphatic rings. The zero-order chi connectivity index (χ0) is 23.9. The van der Waals surface area contributed by atoms with Gasteiger partial charge in [0.25, 0.3) is 5.91 Å². The molecule has 2 aromatic carbocycles. The number of nitrogens with zero attached hydrogens (tertiary/aromatic N) is 1. The third-order valence-electron chi connectivity index (χ3n) is 4.88. The maximum atomic E-state index is 13.5. The fraction of sp³-hybridized carbons (Fsp3) is 0.227. The van der Waals surface area contributed by atoms with Crippen molar-refractivity contribution in [1.29, 1.82) is 0 Å². The summed E-state index contributed by atoms with van der Waals surface area (Å²) in [6.07, 6.45) is 1.48. The summed E-state index contributed by atoms with van der Waals surface area (Å²) >= 11 is 0. The Morgan fingerprint density at radius 3 is 2.06 bits per heavy atom. The Hall–Kier alpha value is -2.85. The average Bonchev–Trinajstić information content (AvgIpc) is 2.69. The van der Waals surface area contributed by atoms with E-state index >= 15 is 0 Å². The number of benzene rings is 2. The van der Waals surface area contributed by atoms with Crippen molar-refractivity contribution in [3.63, 3.8) is 0 Å². The number of para-hydroxylation sites is 1. The fourth-order valence-corrected chi connectivity index (χ4v) is 6.05. The van der Waals surface area contributed by atoms with Gasteiger partial charge in [-0.2, -0.15) is 21.6 Å². The molecular weight excluding hydrogens is 459 g/mol. The molecule has 0 aliphatic carbocycles. The fourth-order valence-electron chi connectivity index (χ4n) is 3.60. The Labute approximate surface area is 185 Å². The van der Waals surface area contributed by atoms with Crippen molar-refractivity contribution in [1.82, 2.24) is 0 Å². The van der Waals surface area contributed by atoms with Crippen LogP contribution in [0.15, 0.2) is 61.2 Å². The van der Waals surface area contributed by atoms with Gasteiger partial charge in [0.05, 0.1) is 13.8 Å². The molecule has 3 rings (SSSR count). The molecule has 10 heteroatoms. The molecule has 0 bridgehead atoms. The predicted molar refractivity (Wildman–Crippen MR) is 121 cm³/mol. The van der Waals surface area contributed by atoms with Crippen molar-refractivity contribution in [2.24, 2.45) is 0 Å². The molecule has 1 aliphatic heterocycles. The van der Waals surface area contributed by atoms with E-state index in [0.29, 0.717) is 10.8 Å². The van der Waals surface area contributed by atoms with Crippen LogP contribution in [0.4, 0.5) is 18.9 Å². The van der Waals surface area contributed by atoms with E-state index in [9.17, 15) is 26.4 Å². The molecule has 2 aromatic rings. The molecule has 0 spiro atoms. The van der Waals surface area contributed by atoms with E-state index in [-0.39, 0.29) is 29.3 Å². The first-order chi connectivity index (χ1) is 14.8. The van der Waals surface area contributed by atoms with Crippen molar-refractivity contribution in [2.45, 2.75) is 25.1 Å². The normalized spacial score (nSPS) is 14.9. The summed E-state index contributed by atoms with van der Waals surface area (Å²) in [6.45, 7) is 9.26. The number of alkyl halides is 3. The van der Waals surface area contributed by atoms with Gasteiger partial charge in [-0.05, 0) is 29.0 Å². The number of anilines is 1. The number of carbonyl (C=O) groups excluding carboxylic acids is 1. The Kier molecular flexibility index (Phi) is 6.14. The van der Waals surface area contributed by atoms with Crippen LogP contribution in [0.5, 0.6) is 0 Å². The van der Waals surface area contributed by atoms with E-state index in [4.69, 9.17) is 4.18 Å². The lowest BCUT2D eigenvalue weighted by atomic mass is 9.99. The maximum absolute atomic E-state index is 13.5. The SMILES string of the molecule is C=CCN1C(=O)c2ccccc2C([Si](C)(C)C)=C(OS(=O)(=O)C(F)(F)F)c2ccccc21. The Balaban J connectivity index is 2.53. The number of fused-ring (bicyclic) bond motifs is 2. The molecule has 1 amide bonds. The number of halogens is 3. The Morgan fingerprint density at radius 1 is 1.00 bits per heavy atom. The van der Waals surface area contributed by atoms with Crippen LogP contribution in [0.3, 0.4) is 0 Å². The summed E-state index contributed by atoms with van der Waals surface area (Å²) < 4.78 is 69.1. The van der Waals surface area contributed by atoms with Crippen molar-refractivity contribution in [3.8, 4) is 0 Å². The van der Waals surface area contributed by atoms with Gasteiger partial charge in [0.15, 0.2) is 5.76 Å². The van der Waals surface area contributed by atoms with E-state index in [0.717, 1.165) is 0 Å². The monoisotopic (exact) mass is 481 g/mol. The first-order valence-electron chi connectivity index (χ1n) is 9.66. The van der Waals surface area contributed by atoms with Gasteiger partial charge in [-0.1, -0.05) is 56.0 Å². The van der Waals surface area contributed by atoms with Gasteiger partial charge in [0, 0.05) is 17.7 Å². The van der Waals surface area contributed by atoms with Gasteiger partial charge in [-0.3, -0.25) is 4.79 Å². The lowest BCUT2D eigenvalue weighted by molar-refractivity contribution is -0.0509. The second kappa shape index (κ2) is 8.25. The highest BCUT2D eigenvalue weighted by molar-refractivity contribution is 7.87. The van der Waals surface area contributed by atoms with Gasteiger partial charge < -0.3 is 9.08 Å². The van der Waals surface area contributed by atoms with Gasteiger partial charge in [0.1, 0.15) is 0 Å². The molecule has 0 aromatic heterocycles. The largest absolute Gasteiger partial charge is 0.534 e. The summed E-state index contributed by atoms with van der Waals surface area (Å²) in [5.41, 5.74) is -4.70. The zero-order valence-electron chi connectivity index (χ0n) is 17.7. The van der Waals surface area contributed by atoms with Crippen LogP contribution < -0.4 is 4.90 Å². The standard InChI is InChI=1S/C22H22F3NO4SSi/c1-5-14-26-18-13-9-8-12-17(18)19(30-31(28,29)22(23,24)25)20(32(2,3)4)15-10-6-7-11-16(15)21(26)27/h5-13H,1,14H2,2-4H3. The van der Waals surface area contributed by atoms with Crippen LogP contribution >= 0.6 is 0 Å². The molecule has 0 saturated heterocycles. The minimum absolute atomic E-state index is 0.0613. The molecule has 0 atom stereocenters. The predicted octanol–water partition coefficient (Wildman–Crippen LogP) is 5.44. The highest BCUT2D eigenvalue weighted by Gasteiger charge is 2.50. The zero-order valence-corrected chi connectivity index (χ0v) is 19.5. The van der Waals surface area contributed by atoms with Gasteiger partial charge in [-0.15, -0.1) is 6.58 Å². The maximum Gasteiger partial charge on any atom is 0.534 e. The van der Waals surface area contributed by atoms with E-state index in [1.54, 1.807) is 36.4 Å². The van der Waals surface area contributed by atoms with Crippen LogP contribution in [0.1, 0.15) is 21.5 Å². The van der Waals surface area contributed by atoms with Crippen LogP contribution in [-0.4, -0.2) is 34.5 Å².